The van der Waals surface area contributed by atoms with E-state index < -0.39 is 0 Å². The van der Waals surface area contributed by atoms with Crippen LogP contribution in [-0.4, -0.2) is 18.1 Å². The number of hydrogen-bond donors (Lipinski definition) is 1. The van der Waals surface area contributed by atoms with E-state index in [1.807, 2.05) is 6.20 Å². The number of benzene rings is 1. The molecule has 0 bridgehead atoms. The molecule has 1 N–H and O–H groups in total. The van der Waals surface area contributed by atoms with Gasteiger partial charge in [-0.25, -0.2) is 0 Å². The van der Waals surface area contributed by atoms with Crippen molar-refractivity contribution in [3.8, 4) is 0 Å². The molecule has 0 saturated carbocycles. The maximum Gasteiger partial charge on any atom is 0.0413 e. The van der Waals surface area contributed by atoms with E-state index in [2.05, 4.69) is 85.5 Å². The SMILES string of the molecule is CCCNCC(Cc1ccc(Br)cn1)c1ccccc1Br. The molecule has 21 heavy (non-hydrogen) atoms. The van der Waals surface area contributed by atoms with Crippen LogP contribution in [0.3, 0.4) is 0 Å². The third-order valence-electron chi connectivity index (χ3n) is 3.41. The van der Waals surface area contributed by atoms with Crippen molar-refractivity contribution in [2.75, 3.05) is 13.1 Å². The molecule has 2 rings (SSSR count). The highest BCUT2D eigenvalue weighted by Crippen LogP contribution is 2.27. The molecule has 0 radical (unpaired) electrons. The number of hydrogen-bond acceptors (Lipinski definition) is 2. The van der Waals surface area contributed by atoms with Crippen molar-refractivity contribution >= 4 is 31.9 Å². The Morgan fingerprint density at radius 3 is 2.62 bits per heavy atom. The van der Waals surface area contributed by atoms with Crippen LogP contribution in [0, 0.1) is 0 Å². The summed E-state index contributed by atoms with van der Waals surface area (Å²) < 4.78 is 2.19. The summed E-state index contributed by atoms with van der Waals surface area (Å²) in [5.41, 5.74) is 2.46. The van der Waals surface area contributed by atoms with Gasteiger partial charge in [-0.1, -0.05) is 41.1 Å². The molecule has 0 fully saturated rings. The van der Waals surface area contributed by atoms with Crippen LogP contribution >= 0.6 is 31.9 Å². The van der Waals surface area contributed by atoms with Crippen molar-refractivity contribution in [2.24, 2.45) is 0 Å². The van der Waals surface area contributed by atoms with Gasteiger partial charge in [0.15, 0.2) is 0 Å². The molecule has 1 aromatic heterocycles. The van der Waals surface area contributed by atoms with Gasteiger partial charge in [-0.2, -0.15) is 0 Å². The minimum Gasteiger partial charge on any atom is -0.316 e. The van der Waals surface area contributed by atoms with E-state index in [0.717, 1.165) is 36.1 Å². The summed E-state index contributed by atoms with van der Waals surface area (Å²) in [6.45, 7) is 4.21. The lowest BCUT2D eigenvalue weighted by molar-refractivity contribution is 0.570. The van der Waals surface area contributed by atoms with Gasteiger partial charge < -0.3 is 5.32 Å². The van der Waals surface area contributed by atoms with Crippen molar-refractivity contribution in [2.45, 2.75) is 25.7 Å². The molecule has 0 aliphatic rings. The summed E-state index contributed by atoms with van der Waals surface area (Å²) >= 11 is 7.11. The highest BCUT2D eigenvalue weighted by atomic mass is 79.9. The molecule has 0 aliphatic carbocycles. The number of rotatable bonds is 7. The van der Waals surface area contributed by atoms with Crippen LogP contribution in [0.15, 0.2) is 51.5 Å². The smallest absolute Gasteiger partial charge is 0.0413 e. The minimum atomic E-state index is 0.417. The third-order valence-corrected chi connectivity index (χ3v) is 4.60. The molecule has 2 aromatic rings. The number of halogens is 2. The molecule has 1 unspecified atom stereocenters. The van der Waals surface area contributed by atoms with Gasteiger partial charge in [0.1, 0.15) is 0 Å². The summed E-state index contributed by atoms with van der Waals surface area (Å²) in [6, 6.07) is 12.6. The first kappa shape index (κ1) is 16.7. The first-order valence-corrected chi connectivity index (χ1v) is 8.85. The van der Waals surface area contributed by atoms with Gasteiger partial charge in [0, 0.05) is 33.3 Å². The number of nitrogens with zero attached hydrogens (tertiary/aromatic N) is 1. The third kappa shape index (κ3) is 5.20. The van der Waals surface area contributed by atoms with Crippen LogP contribution in [0.25, 0.3) is 0 Å². The average Bonchev–Trinajstić information content (AvgIpc) is 2.49. The lowest BCUT2D eigenvalue weighted by Crippen LogP contribution is -2.24. The second kappa shape index (κ2) is 8.66. The highest BCUT2D eigenvalue weighted by Gasteiger charge is 2.15. The zero-order chi connectivity index (χ0) is 15.1. The Morgan fingerprint density at radius 2 is 1.95 bits per heavy atom. The summed E-state index contributed by atoms with van der Waals surface area (Å²) in [4.78, 5) is 4.51. The zero-order valence-electron chi connectivity index (χ0n) is 12.2. The topological polar surface area (TPSA) is 24.9 Å². The first-order valence-electron chi connectivity index (χ1n) is 7.26. The predicted octanol–water partition coefficient (Wildman–Crippen LogP) is 4.93. The Labute approximate surface area is 143 Å². The Balaban J connectivity index is 2.15. The largest absolute Gasteiger partial charge is 0.316 e. The van der Waals surface area contributed by atoms with E-state index >= 15 is 0 Å². The van der Waals surface area contributed by atoms with E-state index in [1.165, 1.54) is 10.0 Å². The molecule has 0 amide bonds. The van der Waals surface area contributed by atoms with Gasteiger partial charge in [-0.05, 0) is 59.1 Å². The molecule has 1 aromatic carbocycles. The molecular weight excluding hydrogens is 392 g/mol. The molecule has 0 spiro atoms. The van der Waals surface area contributed by atoms with E-state index in [9.17, 15) is 0 Å². The second-order valence-electron chi connectivity index (χ2n) is 5.09. The monoisotopic (exact) mass is 410 g/mol. The molecule has 1 atom stereocenters. The quantitative estimate of drug-likeness (QED) is 0.653. The van der Waals surface area contributed by atoms with Crippen molar-refractivity contribution in [3.05, 3.63) is 62.8 Å². The molecule has 0 aliphatic heterocycles. The molecule has 0 saturated heterocycles. The van der Waals surface area contributed by atoms with Gasteiger partial charge in [0.05, 0.1) is 0 Å². The molecular formula is C17H20Br2N2. The maximum absolute atomic E-state index is 4.51. The Morgan fingerprint density at radius 1 is 1.14 bits per heavy atom. The van der Waals surface area contributed by atoms with E-state index in [4.69, 9.17) is 0 Å². The summed E-state index contributed by atoms with van der Waals surface area (Å²) in [6.07, 6.45) is 3.96. The fraction of sp³-hybridized carbons (Fsp3) is 0.353. The zero-order valence-corrected chi connectivity index (χ0v) is 15.3. The van der Waals surface area contributed by atoms with E-state index in [-0.39, 0.29) is 0 Å². The molecule has 4 heteroatoms. The Hall–Kier alpha value is -0.710. The minimum absolute atomic E-state index is 0.417. The Kier molecular flexibility index (Phi) is 6.87. The number of aromatic nitrogens is 1. The van der Waals surface area contributed by atoms with Gasteiger partial charge >= 0.3 is 0 Å². The average molecular weight is 412 g/mol. The fourth-order valence-corrected chi connectivity index (χ4v) is 3.17. The number of nitrogens with one attached hydrogen (secondary N) is 1. The summed E-state index contributed by atoms with van der Waals surface area (Å²) in [5, 5.41) is 3.53. The standard InChI is InChI=1S/C17H20Br2N2/c1-2-9-20-11-13(16-5-3-4-6-17(16)19)10-15-8-7-14(18)12-21-15/h3-8,12-13,20H,2,9-11H2,1H3. The van der Waals surface area contributed by atoms with Crippen LogP contribution in [0.5, 0.6) is 0 Å². The normalized spacial score (nSPS) is 12.3. The van der Waals surface area contributed by atoms with Gasteiger partial charge in [0.25, 0.3) is 0 Å². The van der Waals surface area contributed by atoms with Crippen molar-refractivity contribution < 1.29 is 0 Å². The van der Waals surface area contributed by atoms with Gasteiger partial charge in [0.2, 0.25) is 0 Å². The van der Waals surface area contributed by atoms with Gasteiger partial charge in [-0.3, -0.25) is 4.98 Å². The van der Waals surface area contributed by atoms with E-state index in [1.54, 1.807) is 0 Å². The van der Waals surface area contributed by atoms with Crippen molar-refractivity contribution in [1.29, 1.82) is 0 Å². The fourth-order valence-electron chi connectivity index (χ4n) is 2.33. The lowest BCUT2D eigenvalue weighted by Gasteiger charge is -2.19. The lowest BCUT2D eigenvalue weighted by atomic mass is 9.94. The van der Waals surface area contributed by atoms with Crippen molar-refractivity contribution in [3.63, 3.8) is 0 Å². The number of pyridine rings is 1. The molecule has 112 valence electrons. The summed E-state index contributed by atoms with van der Waals surface area (Å²) in [7, 11) is 0. The van der Waals surface area contributed by atoms with Crippen LogP contribution < -0.4 is 5.32 Å². The summed E-state index contributed by atoms with van der Waals surface area (Å²) in [5.74, 6) is 0.417. The van der Waals surface area contributed by atoms with Crippen LogP contribution in [0.2, 0.25) is 0 Å². The first-order chi connectivity index (χ1) is 10.2. The van der Waals surface area contributed by atoms with Gasteiger partial charge in [-0.15, -0.1) is 0 Å². The van der Waals surface area contributed by atoms with E-state index in [0.29, 0.717) is 5.92 Å². The maximum atomic E-state index is 4.51. The molecule has 1 heterocycles. The predicted molar refractivity (Wildman–Crippen MR) is 95.7 cm³/mol. The molecule has 2 nitrogen and oxygen atoms in total. The Bertz CT molecular complexity index is 555. The highest BCUT2D eigenvalue weighted by molar-refractivity contribution is 9.10. The van der Waals surface area contributed by atoms with Crippen molar-refractivity contribution in [1.82, 2.24) is 10.3 Å². The van der Waals surface area contributed by atoms with Crippen LogP contribution in [0.4, 0.5) is 0 Å². The van der Waals surface area contributed by atoms with Crippen LogP contribution in [0.1, 0.15) is 30.5 Å². The van der Waals surface area contributed by atoms with Crippen LogP contribution in [-0.2, 0) is 6.42 Å². The second-order valence-corrected chi connectivity index (χ2v) is 6.86.